The molecule has 0 bridgehead atoms. The molecule has 0 saturated carbocycles. The Balaban J connectivity index is 1.58. The molecule has 2 heterocycles. The standard InChI is InChI=1S/C22H24FN3O/c1-22(2)15-25(12-16-4-10-19(27-3)11-5-16)14-21-24-20(13-26(21)22)17-6-8-18(23)9-7-17/h4-11,13H,12,14-15H2,1-3H3. The zero-order chi connectivity index (χ0) is 19.0. The molecule has 1 aliphatic heterocycles. The maximum absolute atomic E-state index is 13.2. The Bertz CT molecular complexity index is 929. The van der Waals surface area contributed by atoms with Crippen LogP contribution in [-0.4, -0.2) is 28.1 Å². The maximum atomic E-state index is 13.2. The number of methoxy groups -OCH3 is 1. The van der Waals surface area contributed by atoms with E-state index in [4.69, 9.17) is 9.72 Å². The summed E-state index contributed by atoms with van der Waals surface area (Å²) >= 11 is 0. The first-order valence-electron chi connectivity index (χ1n) is 9.14. The lowest BCUT2D eigenvalue weighted by molar-refractivity contribution is 0.123. The van der Waals surface area contributed by atoms with Crippen LogP contribution in [0.25, 0.3) is 11.3 Å². The molecule has 4 rings (SSSR count). The molecule has 27 heavy (non-hydrogen) atoms. The summed E-state index contributed by atoms with van der Waals surface area (Å²) in [5.74, 6) is 1.69. The molecule has 0 fully saturated rings. The Morgan fingerprint density at radius 1 is 1.07 bits per heavy atom. The van der Waals surface area contributed by atoms with E-state index in [1.165, 1.54) is 17.7 Å². The van der Waals surface area contributed by atoms with Gasteiger partial charge < -0.3 is 9.30 Å². The summed E-state index contributed by atoms with van der Waals surface area (Å²) in [5, 5.41) is 0. The first-order valence-corrected chi connectivity index (χ1v) is 9.14. The van der Waals surface area contributed by atoms with Crippen LogP contribution < -0.4 is 4.74 Å². The van der Waals surface area contributed by atoms with E-state index in [0.29, 0.717) is 0 Å². The molecule has 140 valence electrons. The van der Waals surface area contributed by atoms with Crippen LogP contribution in [-0.2, 0) is 18.6 Å². The van der Waals surface area contributed by atoms with E-state index in [0.717, 1.165) is 42.5 Å². The summed E-state index contributed by atoms with van der Waals surface area (Å²) in [4.78, 5) is 7.26. The number of fused-ring (bicyclic) bond motifs is 1. The highest BCUT2D eigenvalue weighted by molar-refractivity contribution is 5.58. The van der Waals surface area contributed by atoms with Crippen LogP contribution in [0.15, 0.2) is 54.7 Å². The quantitative estimate of drug-likeness (QED) is 0.684. The molecule has 4 nitrogen and oxygen atoms in total. The van der Waals surface area contributed by atoms with Crippen molar-refractivity contribution in [2.45, 2.75) is 32.5 Å². The van der Waals surface area contributed by atoms with E-state index in [1.807, 2.05) is 12.1 Å². The van der Waals surface area contributed by atoms with Crippen LogP contribution in [0.4, 0.5) is 4.39 Å². The van der Waals surface area contributed by atoms with Crippen molar-refractivity contribution >= 4 is 0 Å². The molecule has 0 atom stereocenters. The smallest absolute Gasteiger partial charge is 0.124 e. The van der Waals surface area contributed by atoms with Crippen LogP contribution in [0, 0.1) is 5.82 Å². The van der Waals surface area contributed by atoms with Crippen molar-refractivity contribution in [1.29, 1.82) is 0 Å². The van der Waals surface area contributed by atoms with E-state index < -0.39 is 0 Å². The largest absolute Gasteiger partial charge is 0.497 e. The molecular weight excluding hydrogens is 341 g/mol. The number of benzene rings is 2. The summed E-state index contributed by atoms with van der Waals surface area (Å²) < 4.78 is 20.7. The number of nitrogens with zero attached hydrogens (tertiary/aromatic N) is 3. The molecule has 1 aliphatic rings. The molecule has 3 aromatic rings. The molecule has 0 spiro atoms. The van der Waals surface area contributed by atoms with Crippen LogP contribution in [0.3, 0.4) is 0 Å². The summed E-state index contributed by atoms with van der Waals surface area (Å²) in [7, 11) is 1.68. The highest BCUT2D eigenvalue weighted by atomic mass is 19.1. The molecule has 0 saturated heterocycles. The van der Waals surface area contributed by atoms with E-state index >= 15 is 0 Å². The van der Waals surface area contributed by atoms with Crippen LogP contribution >= 0.6 is 0 Å². The fraction of sp³-hybridized carbons (Fsp3) is 0.318. The van der Waals surface area contributed by atoms with E-state index in [1.54, 1.807) is 19.2 Å². The van der Waals surface area contributed by atoms with Gasteiger partial charge in [0.05, 0.1) is 24.9 Å². The van der Waals surface area contributed by atoms with Gasteiger partial charge in [-0.3, -0.25) is 4.90 Å². The highest BCUT2D eigenvalue weighted by Gasteiger charge is 2.32. The van der Waals surface area contributed by atoms with Crippen molar-refractivity contribution in [2.24, 2.45) is 0 Å². The average molecular weight is 365 g/mol. The molecule has 1 aromatic heterocycles. The third-order valence-corrected chi connectivity index (χ3v) is 5.11. The van der Waals surface area contributed by atoms with Gasteiger partial charge in [0, 0.05) is 24.8 Å². The molecule has 0 unspecified atom stereocenters. The van der Waals surface area contributed by atoms with Gasteiger partial charge in [0.1, 0.15) is 17.4 Å². The monoisotopic (exact) mass is 365 g/mol. The fourth-order valence-corrected chi connectivity index (χ4v) is 3.79. The molecule has 2 aromatic carbocycles. The third kappa shape index (κ3) is 3.60. The Morgan fingerprint density at radius 3 is 2.44 bits per heavy atom. The second-order valence-electron chi connectivity index (χ2n) is 7.72. The minimum atomic E-state index is -0.228. The molecule has 0 N–H and O–H groups in total. The zero-order valence-corrected chi connectivity index (χ0v) is 15.9. The van der Waals surface area contributed by atoms with Crippen molar-refractivity contribution in [3.8, 4) is 17.0 Å². The number of rotatable bonds is 4. The first-order chi connectivity index (χ1) is 12.9. The number of hydrogen-bond acceptors (Lipinski definition) is 3. The zero-order valence-electron chi connectivity index (χ0n) is 15.9. The van der Waals surface area contributed by atoms with Crippen LogP contribution in [0.5, 0.6) is 5.75 Å². The van der Waals surface area contributed by atoms with Gasteiger partial charge in [-0.25, -0.2) is 9.37 Å². The minimum Gasteiger partial charge on any atom is -0.497 e. The van der Waals surface area contributed by atoms with Gasteiger partial charge in [-0.2, -0.15) is 0 Å². The Labute approximate surface area is 159 Å². The third-order valence-electron chi connectivity index (χ3n) is 5.11. The molecular formula is C22H24FN3O. The lowest BCUT2D eigenvalue weighted by Gasteiger charge is -2.39. The van der Waals surface area contributed by atoms with Crippen molar-refractivity contribution in [2.75, 3.05) is 13.7 Å². The molecule has 0 radical (unpaired) electrons. The summed E-state index contributed by atoms with van der Waals surface area (Å²) in [6.45, 7) is 7.05. The van der Waals surface area contributed by atoms with E-state index in [2.05, 4.69) is 41.6 Å². The van der Waals surface area contributed by atoms with Gasteiger partial charge in [-0.1, -0.05) is 12.1 Å². The van der Waals surface area contributed by atoms with Gasteiger partial charge >= 0.3 is 0 Å². The SMILES string of the molecule is COc1ccc(CN2Cc3nc(-c4ccc(F)cc4)cn3C(C)(C)C2)cc1. The van der Waals surface area contributed by atoms with Crippen molar-refractivity contribution in [3.63, 3.8) is 0 Å². The lowest BCUT2D eigenvalue weighted by atomic mass is 10.0. The van der Waals surface area contributed by atoms with Crippen LogP contribution in [0.1, 0.15) is 25.2 Å². The van der Waals surface area contributed by atoms with Gasteiger partial charge in [0.25, 0.3) is 0 Å². The number of aromatic nitrogens is 2. The van der Waals surface area contributed by atoms with Gasteiger partial charge in [-0.15, -0.1) is 0 Å². The summed E-state index contributed by atoms with van der Waals surface area (Å²) in [5.41, 5.74) is 3.02. The number of halogens is 1. The number of ether oxygens (including phenoxy) is 1. The van der Waals surface area contributed by atoms with Crippen LogP contribution in [0.2, 0.25) is 0 Å². The van der Waals surface area contributed by atoms with E-state index in [9.17, 15) is 4.39 Å². The Hall–Kier alpha value is -2.66. The minimum absolute atomic E-state index is 0.0642. The lowest BCUT2D eigenvalue weighted by Crippen LogP contribution is -2.46. The summed E-state index contributed by atoms with van der Waals surface area (Å²) in [6.07, 6.45) is 2.09. The Morgan fingerprint density at radius 2 is 1.78 bits per heavy atom. The first kappa shape index (κ1) is 17.7. The maximum Gasteiger partial charge on any atom is 0.124 e. The average Bonchev–Trinajstić information content (AvgIpc) is 3.08. The highest BCUT2D eigenvalue weighted by Crippen LogP contribution is 2.30. The van der Waals surface area contributed by atoms with Gasteiger partial charge in [-0.05, 0) is 55.8 Å². The fourth-order valence-electron chi connectivity index (χ4n) is 3.79. The van der Waals surface area contributed by atoms with Crippen molar-refractivity contribution in [3.05, 3.63) is 71.9 Å². The molecule has 5 heteroatoms. The van der Waals surface area contributed by atoms with Gasteiger partial charge in [0.2, 0.25) is 0 Å². The normalized spacial score (nSPS) is 16.1. The van der Waals surface area contributed by atoms with Crippen molar-refractivity contribution in [1.82, 2.24) is 14.5 Å². The van der Waals surface area contributed by atoms with E-state index in [-0.39, 0.29) is 11.4 Å². The molecule has 0 amide bonds. The molecule has 0 aliphatic carbocycles. The predicted molar refractivity (Wildman–Crippen MR) is 104 cm³/mol. The second-order valence-corrected chi connectivity index (χ2v) is 7.72. The van der Waals surface area contributed by atoms with Crippen molar-refractivity contribution < 1.29 is 9.13 Å². The summed E-state index contributed by atoms with van der Waals surface area (Å²) in [6, 6.07) is 14.7. The second kappa shape index (κ2) is 6.82. The Kier molecular flexibility index (Phi) is 4.48. The number of imidazole rings is 1. The predicted octanol–water partition coefficient (Wildman–Crippen LogP) is 4.45. The van der Waals surface area contributed by atoms with Gasteiger partial charge in [0.15, 0.2) is 0 Å². The topological polar surface area (TPSA) is 30.3 Å². The number of hydrogen-bond donors (Lipinski definition) is 0.